The third-order valence-corrected chi connectivity index (χ3v) is 5.03. The summed E-state index contributed by atoms with van der Waals surface area (Å²) >= 11 is 2.67. The zero-order chi connectivity index (χ0) is 14.2. The average Bonchev–Trinajstić information content (AvgIpc) is 2.52. The zero-order valence-corrected chi connectivity index (χ0v) is 12.7. The van der Waals surface area contributed by atoms with Crippen molar-refractivity contribution < 1.29 is 4.79 Å². The first-order valence-electron chi connectivity index (χ1n) is 6.34. The lowest BCUT2D eigenvalue weighted by Gasteiger charge is -2.11. The fourth-order valence-electron chi connectivity index (χ4n) is 1.75. The van der Waals surface area contributed by atoms with Crippen LogP contribution in [0.15, 0.2) is 73.3 Å². The predicted octanol–water partition coefficient (Wildman–Crippen LogP) is 5.70. The Hall–Kier alpha value is -1.45. The second-order valence-electron chi connectivity index (χ2n) is 4.21. The summed E-state index contributed by atoms with van der Waals surface area (Å²) < 4.78 is 0.127. The standard InChI is InChI=1S/C17H16OS2/c1-2-16(15-11-7-4-8-12-15)20-17(18)19-13-14-9-5-3-6-10-14/h2-12,16H,1,13H2/t16-/m1/s1. The number of thioether (sulfide) groups is 2. The summed E-state index contributed by atoms with van der Waals surface area (Å²) in [5, 5.41) is 0.0203. The van der Waals surface area contributed by atoms with Crippen molar-refractivity contribution in [3.05, 3.63) is 84.4 Å². The Labute approximate surface area is 128 Å². The van der Waals surface area contributed by atoms with Crippen LogP contribution in [-0.4, -0.2) is 4.45 Å². The molecule has 0 N–H and O–H groups in total. The Morgan fingerprint density at radius 3 is 2.25 bits per heavy atom. The molecule has 0 spiro atoms. The molecule has 0 heterocycles. The highest BCUT2D eigenvalue weighted by Gasteiger charge is 2.13. The molecule has 1 atom stereocenters. The summed E-state index contributed by atoms with van der Waals surface area (Å²) in [4.78, 5) is 12.0. The van der Waals surface area contributed by atoms with Gasteiger partial charge in [-0.1, -0.05) is 90.3 Å². The molecule has 0 saturated carbocycles. The first-order chi connectivity index (χ1) is 9.79. The minimum Gasteiger partial charge on any atom is -0.274 e. The van der Waals surface area contributed by atoms with Crippen LogP contribution in [0.4, 0.5) is 4.79 Å². The van der Waals surface area contributed by atoms with Crippen molar-refractivity contribution in [2.24, 2.45) is 0 Å². The van der Waals surface area contributed by atoms with Gasteiger partial charge in [0, 0.05) is 5.75 Å². The Morgan fingerprint density at radius 1 is 1.05 bits per heavy atom. The van der Waals surface area contributed by atoms with Crippen molar-refractivity contribution in [2.75, 3.05) is 0 Å². The van der Waals surface area contributed by atoms with E-state index in [2.05, 4.69) is 6.58 Å². The maximum atomic E-state index is 12.0. The molecular weight excluding hydrogens is 284 g/mol. The highest BCUT2D eigenvalue weighted by Crippen LogP contribution is 2.35. The second-order valence-corrected chi connectivity index (χ2v) is 6.53. The lowest BCUT2D eigenvalue weighted by Crippen LogP contribution is -1.93. The van der Waals surface area contributed by atoms with E-state index in [1.165, 1.54) is 29.1 Å². The van der Waals surface area contributed by atoms with E-state index in [9.17, 15) is 4.79 Å². The third-order valence-electron chi connectivity index (χ3n) is 2.76. The van der Waals surface area contributed by atoms with Gasteiger partial charge in [0.05, 0.1) is 5.25 Å². The van der Waals surface area contributed by atoms with E-state index in [-0.39, 0.29) is 9.70 Å². The Balaban J connectivity index is 1.88. The summed E-state index contributed by atoms with van der Waals surface area (Å²) in [6.07, 6.45) is 1.82. The van der Waals surface area contributed by atoms with Gasteiger partial charge in [0.15, 0.2) is 0 Å². The molecule has 1 nitrogen and oxygen atoms in total. The first-order valence-corrected chi connectivity index (χ1v) is 8.21. The van der Waals surface area contributed by atoms with Crippen molar-refractivity contribution in [3.63, 3.8) is 0 Å². The summed E-state index contributed by atoms with van der Waals surface area (Å²) in [6, 6.07) is 20.0. The molecule has 0 aliphatic rings. The van der Waals surface area contributed by atoms with E-state index in [1.54, 1.807) is 0 Å². The minimum absolute atomic E-state index is 0.0203. The molecule has 0 saturated heterocycles. The van der Waals surface area contributed by atoms with Crippen LogP contribution in [0.25, 0.3) is 0 Å². The summed E-state index contributed by atoms with van der Waals surface area (Å²) in [5.74, 6) is 0.714. The number of carbonyl (C=O) groups is 1. The third kappa shape index (κ3) is 4.58. The lowest BCUT2D eigenvalue weighted by atomic mass is 10.1. The number of carbonyl (C=O) groups excluding carboxylic acids is 1. The molecule has 0 radical (unpaired) electrons. The fourth-order valence-corrected chi connectivity index (χ4v) is 3.58. The van der Waals surface area contributed by atoms with E-state index in [0.29, 0.717) is 5.75 Å². The molecule has 0 bridgehead atoms. The van der Waals surface area contributed by atoms with E-state index < -0.39 is 0 Å². The summed E-state index contributed by atoms with van der Waals surface area (Å²) in [7, 11) is 0. The van der Waals surface area contributed by atoms with Gasteiger partial charge in [0.25, 0.3) is 0 Å². The SMILES string of the molecule is C=C[C@@H](SC(=O)SCc1ccccc1)c1ccccc1. The molecule has 3 heteroatoms. The molecule has 102 valence electrons. The number of hydrogen-bond acceptors (Lipinski definition) is 3. The van der Waals surface area contributed by atoms with Crippen LogP contribution in [0.1, 0.15) is 16.4 Å². The van der Waals surface area contributed by atoms with Crippen LogP contribution in [0.3, 0.4) is 0 Å². The highest BCUT2D eigenvalue weighted by molar-refractivity contribution is 8.38. The Morgan fingerprint density at radius 2 is 1.65 bits per heavy atom. The summed E-state index contributed by atoms with van der Waals surface area (Å²) in [5.41, 5.74) is 2.28. The Kier molecular flexibility index (Phi) is 5.96. The molecule has 0 aromatic heterocycles. The van der Waals surface area contributed by atoms with Gasteiger partial charge < -0.3 is 0 Å². The van der Waals surface area contributed by atoms with Gasteiger partial charge >= 0.3 is 0 Å². The number of rotatable bonds is 5. The smallest absolute Gasteiger partial charge is 0.247 e. The molecule has 0 amide bonds. The maximum absolute atomic E-state index is 12.0. The van der Waals surface area contributed by atoms with Crippen LogP contribution < -0.4 is 0 Å². The average molecular weight is 300 g/mol. The minimum atomic E-state index is 0.0203. The van der Waals surface area contributed by atoms with Crippen LogP contribution in [0.5, 0.6) is 0 Å². The molecule has 2 aromatic carbocycles. The van der Waals surface area contributed by atoms with Crippen LogP contribution in [-0.2, 0) is 5.75 Å². The Bertz CT molecular complexity index is 552. The van der Waals surface area contributed by atoms with Crippen molar-refractivity contribution in [3.8, 4) is 0 Å². The van der Waals surface area contributed by atoms with Gasteiger partial charge in [0.2, 0.25) is 4.45 Å². The van der Waals surface area contributed by atoms with Crippen LogP contribution in [0.2, 0.25) is 0 Å². The van der Waals surface area contributed by atoms with Crippen molar-refractivity contribution in [2.45, 2.75) is 11.0 Å². The second kappa shape index (κ2) is 7.98. The van der Waals surface area contributed by atoms with E-state index >= 15 is 0 Å². The first kappa shape index (κ1) is 14.9. The molecule has 0 aliphatic heterocycles. The molecule has 0 unspecified atom stereocenters. The van der Waals surface area contributed by atoms with E-state index in [1.807, 2.05) is 66.7 Å². The molecule has 20 heavy (non-hydrogen) atoms. The molecule has 0 aliphatic carbocycles. The fraction of sp³-hybridized carbons (Fsp3) is 0.118. The van der Waals surface area contributed by atoms with Crippen molar-refractivity contribution >= 4 is 28.0 Å². The normalized spacial score (nSPS) is 11.8. The predicted molar refractivity (Wildman–Crippen MR) is 90.1 cm³/mol. The number of benzene rings is 2. The molecular formula is C17H16OS2. The van der Waals surface area contributed by atoms with Gasteiger partial charge in [-0.05, 0) is 11.1 Å². The molecule has 0 fully saturated rings. The molecule has 2 aromatic rings. The quantitative estimate of drug-likeness (QED) is 0.659. The highest BCUT2D eigenvalue weighted by atomic mass is 32.2. The topological polar surface area (TPSA) is 17.1 Å². The molecule has 2 rings (SSSR count). The van der Waals surface area contributed by atoms with E-state index in [4.69, 9.17) is 0 Å². The van der Waals surface area contributed by atoms with Crippen molar-refractivity contribution in [1.82, 2.24) is 0 Å². The van der Waals surface area contributed by atoms with Crippen LogP contribution in [0, 0.1) is 0 Å². The van der Waals surface area contributed by atoms with Gasteiger partial charge in [0.1, 0.15) is 0 Å². The van der Waals surface area contributed by atoms with Gasteiger partial charge in [-0.25, -0.2) is 0 Å². The zero-order valence-electron chi connectivity index (χ0n) is 11.1. The maximum Gasteiger partial charge on any atom is 0.247 e. The van der Waals surface area contributed by atoms with Crippen molar-refractivity contribution in [1.29, 1.82) is 0 Å². The van der Waals surface area contributed by atoms with Gasteiger partial charge in [-0.15, -0.1) is 6.58 Å². The van der Waals surface area contributed by atoms with E-state index in [0.717, 1.165) is 5.56 Å². The van der Waals surface area contributed by atoms with Crippen LogP contribution >= 0.6 is 23.5 Å². The monoisotopic (exact) mass is 300 g/mol. The number of hydrogen-bond donors (Lipinski definition) is 0. The van der Waals surface area contributed by atoms with Gasteiger partial charge in [-0.3, -0.25) is 4.79 Å². The largest absolute Gasteiger partial charge is 0.274 e. The van der Waals surface area contributed by atoms with Gasteiger partial charge in [-0.2, -0.15) is 0 Å². The summed E-state index contributed by atoms with van der Waals surface area (Å²) in [6.45, 7) is 3.83. The lowest BCUT2D eigenvalue weighted by molar-refractivity contribution is 0.276.